The second kappa shape index (κ2) is 30.1. The van der Waals surface area contributed by atoms with Gasteiger partial charge in [0, 0.05) is 24.3 Å². The van der Waals surface area contributed by atoms with E-state index >= 15 is 0 Å². The maximum atomic E-state index is 13.6. The van der Waals surface area contributed by atoms with Crippen LogP contribution in [-0.2, 0) is 52.7 Å². The Bertz CT molecular complexity index is 1720. The summed E-state index contributed by atoms with van der Waals surface area (Å²) in [4.78, 5) is 141. The van der Waals surface area contributed by atoms with Crippen molar-refractivity contribution in [2.45, 2.75) is 139 Å². The van der Waals surface area contributed by atoms with Crippen LogP contribution in [0.2, 0.25) is 0 Å². The number of rotatable bonds is 31. The maximum absolute atomic E-state index is 13.6. The number of carbonyl (C=O) groups is 11. The fraction of sp³-hybridized carbons (Fsp3) is 0.703. The highest BCUT2D eigenvalue weighted by Gasteiger charge is 2.37. The topological polar surface area (TPSA) is 463 Å². The van der Waals surface area contributed by atoms with Crippen molar-refractivity contribution in [1.82, 2.24) is 42.5 Å². The van der Waals surface area contributed by atoms with Crippen LogP contribution in [0.15, 0.2) is 0 Å². The minimum atomic E-state index is -1.96. The number of thiol groups is 2. The molecule has 0 heterocycles. The van der Waals surface area contributed by atoms with E-state index in [1.165, 1.54) is 0 Å². The molecule has 0 saturated carbocycles. The Labute approximate surface area is 390 Å². The van der Waals surface area contributed by atoms with Crippen LogP contribution in [0.4, 0.5) is 0 Å². The van der Waals surface area contributed by atoms with Crippen LogP contribution in [0.1, 0.15) is 66.7 Å². The number of carbonyl (C=O) groups excluding carboxylic acids is 10. The minimum Gasteiger partial charge on any atom is -0.480 e. The van der Waals surface area contributed by atoms with E-state index in [4.69, 9.17) is 17.2 Å². The molecule has 12 atom stereocenters. The summed E-state index contributed by atoms with van der Waals surface area (Å²) in [6.07, 6.45) is -7.16. The lowest BCUT2D eigenvalue weighted by Gasteiger charge is -2.29. The highest BCUT2D eigenvalue weighted by Crippen LogP contribution is 2.09. The van der Waals surface area contributed by atoms with E-state index in [1.807, 2.05) is 0 Å². The Morgan fingerprint density at radius 2 is 0.788 bits per heavy atom. The molecule has 0 aromatic carbocycles. The number of nitrogens with two attached hydrogens (primary N) is 3. The van der Waals surface area contributed by atoms with Crippen molar-refractivity contribution >= 4 is 90.3 Å². The van der Waals surface area contributed by atoms with Gasteiger partial charge in [-0.05, 0) is 46.0 Å². The van der Waals surface area contributed by atoms with Gasteiger partial charge in [0.25, 0.3) is 0 Å². The first-order valence-electron chi connectivity index (χ1n) is 20.5. The summed E-state index contributed by atoms with van der Waals surface area (Å²) < 4.78 is 0. The van der Waals surface area contributed by atoms with E-state index < -0.39 is 170 Å². The summed E-state index contributed by atoms with van der Waals surface area (Å²) in [6, 6.07) is -14.9. The molecular weight excluding hydrogens is 919 g/mol. The summed E-state index contributed by atoms with van der Waals surface area (Å²) >= 11 is 7.79. The van der Waals surface area contributed by atoms with Crippen molar-refractivity contribution in [2.24, 2.45) is 23.1 Å². The van der Waals surface area contributed by atoms with Gasteiger partial charge in [0.2, 0.25) is 59.1 Å². The summed E-state index contributed by atoms with van der Waals surface area (Å²) in [5.74, 6) is -13.1. The van der Waals surface area contributed by atoms with Gasteiger partial charge in [0.05, 0.1) is 31.0 Å². The fourth-order valence-corrected chi connectivity index (χ4v) is 6.00. The molecule has 10 amide bonds. The number of nitrogens with one attached hydrogen (secondary N) is 8. The Morgan fingerprint density at radius 3 is 1.12 bits per heavy atom. The largest absolute Gasteiger partial charge is 0.480 e. The van der Waals surface area contributed by atoms with Crippen molar-refractivity contribution in [2.75, 3.05) is 18.1 Å². The first kappa shape index (κ1) is 60.7. The summed E-state index contributed by atoms with van der Waals surface area (Å²) in [5, 5.41) is 68.1. The van der Waals surface area contributed by atoms with Crippen LogP contribution in [-0.4, -0.2) is 181 Å². The second-order valence-corrected chi connectivity index (χ2v) is 16.3. The van der Waals surface area contributed by atoms with Gasteiger partial charge in [-0.15, -0.1) is 0 Å². The lowest BCUT2D eigenvalue weighted by molar-refractivity contribution is -0.142. The quantitative estimate of drug-likeness (QED) is 0.0287. The van der Waals surface area contributed by atoms with Crippen molar-refractivity contribution in [3.8, 4) is 0 Å². The lowest BCUT2D eigenvalue weighted by Crippen LogP contribution is -2.63. The molecule has 0 spiro atoms. The highest BCUT2D eigenvalue weighted by molar-refractivity contribution is 7.80. The van der Waals surface area contributed by atoms with E-state index in [-0.39, 0.29) is 23.8 Å². The van der Waals surface area contributed by atoms with E-state index in [1.54, 1.807) is 13.8 Å². The number of primary amides is 2. The van der Waals surface area contributed by atoms with Crippen molar-refractivity contribution in [1.29, 1.82) is 0 Å². The second-order valence-electron chi connectivity index (χ2n) is 15.6. The zero-order chi connectivity index (χ0) is 51.2. The van der Waals surface area contributed by atoms with Crippen LogP contribution >= 0.6 is 25.3 Å². The molecule has 0 fully saturated rings. The number of amides is 10. The van der Waals surface area contributed by atoms with Gasteiger partial charge in [-0.3, -0.25) is 47.9 Å². The highest BCUT2D eigenvalue weighted by atomic mass is 32.1. The van der Waals surface area contributed by atoms with Crippen molar-refractivity contribution in [3.63, 3.8) is 0 Å². The molecule has 0 aromatic rings. The van der Waals surface area contributed by atoms with E-state index in [0.29, 0.717) is 0 Å². The minimum absolute atomic E-state index is 0.0533. The van der Waals surface area contributed by atoms with Crippen LogP contribution < -0.4 is 59.7 Å². The monoisotopic (exact) mass is 983 g/mol. The number of aliphatic carboxylic acids is 1. The SMILES string of the molecule is CC(C)C[C@H](NC(=O)[C@@H](N)CS)C(=O)N[C@H](C(=O)N[C@H](C(=O)N[C@@H](CO)C(=O)N[C@@H](CCC(N)=O)C(=O)N[C@@H](CCC(N)=O)C(=O)N[C@H](C(=O)N[C@@H](CS)C(=O)O)[C@@H](C)O)[C@@H](C)O)[C@@H](C)O. The number of carboxylic acid groups (broad SMARTS) is 1. The van der Waals surface area contributed by atoms with Gasteiger partial charge in [0.15, 0.2) is 0 Å². The van der Waals surface area contributed by atoms with Gasteiger partial charge in [-0.25, -0.2) is 4.79 Å². The zero-order valence-corrected chi connectivity index (χ0v) is 38.8. The Morgan fingerprint density at radius 1 is 0.470 bits per heavy atom. The number of aliphatic hydroxyl groups excluding tert-OH is 4. The molecule has 0 aliphatic heterocycles. The average Bonchev–Trinajstić information content (AvgIpc) is 3.22. The molecule has 29 heteroatoms. The first-order valence-corrected chi connectivity index (χ1v) is 21.7. The molecule has 0 aliphatic rings. The molecule has 0 unspecified atom stereocenters. The lowest BCUT2D eigenvalue weighted by atomic mass is 10.0. The average molecular weight is 984 g/mol. The van der Waals surface area contributed by atoms with Crippen LogP contribution in [0.3, 0.4) is 0 Å². The third-order valence-electron chi connectivity index (χ3n) is 9.30. The molecule has 0 saturated heterocycles. The third kappa shape index (κ3) is 21.8. The number of carboxylic acids is 1. The summed E-state index contributed by atoms with van der Waals surface area (Å²) in [5.41, 5.74) is 16.2. The van der Waals surface area contributed by atoms with Crippen LogP contribution in [0.25, 0.3) is 0 Å². The van der Waals surface area contributed by atoms with Crippen LogP contribution in [0.5, 0.6) is 0 Å². The summed E-state index contributed by atoms with van der Waals surface area (Å²) in [6.45, 7) is 5.54. The number of hydrogen-bond acceptors (Lipinski definition) is 18. The molecule has 19 N–H and O–H groups in total. The fourth-order valence-electron chi connectivity index (χ4n) is 5.59. The first-order chi connectivity index (χ1) is 30.6. The molecule has 0 radical (unpaired) electrons. The molecule has 0 aliphatic carbocycles. The Balaban J connectivity index is 6.39. The van der Waals surface area contributed by atoms with E-state index in [0.717, 1.165) is 20.8 Å². The molecule has 27 nitrogen and oxygen atoms in total. The molecule has 376 valence electrons. The van der Waals surface area contributed by atoms with Gasteiger partial charge in [0.1, 0.15) is 48.3 Å². The number of aliphatic hydroxyl groups is 4. The van der Waals surface area contributed by atoms with Gasteiger partial charge >= 0.3 is 5.97 Å². The molecule has 0 bridgehead atoms. The van der Waals surface area contributed by atoms with E-state index in [9.17, 15) is 78.3 Å². The molecular formula is C37H65N11O16S2. The normalized spacial score (nSPS) is 16.6. The molecule has 66 heavy (non-hydrogen) atoms. The number of hydrogen-bond donors (Lipinski definition) is 18. The summed E-state index contributed by atoms with van der Waals surface area (Å²) in [7, 11) is 0. The van der Waals surface area contributed by atoms with Gasteiger partial charge in [-0.1, -0.05) is 13.8 Å². The van der Waals surface area contributed by atoms with Gasteiger partial charge in [-0.2, -0.15) is 25.3 Å². The van der Waals surface area contributed by atoms with E-state index in [2.05, 4.69) is 67.8 Å². The van der Waals surface area contributed by atoms with Crippen LogP contribution in [0, 0.1) is 5.92 Å². The van der Waals surface area contributed by atoms with Crippen molar-refractivity contribution in [3.05, 3.63) is 0 Å². The molecule has 0 aromatic heterocycles. The standard InChI is InChI=1S/C37H65N11O16S2/c1-14(2)10-21(43-29(55)18(38)12-65)32(58)47-28(17(5)52)36(62)48-27(16(4)51)34(60)44-22(11-49)33(59)42-19(6-8-24(39)53)30(56)41-20(7-9-25(40)54)31(57)46-26(15(3)50)35(61)45-23(13-66)37(63)64/h14-23,26-28,49-52,65-66H,6-13,38H2,1-5H3,(H2,39,53)(H2,40,54)(H,41,56)(H,42,59)(H,43,55)(H,44,60)(H,45,61)(H,46,57)(H,47,58)(H,48,62)(H,63,64)/t15-,16-,17-,18+,19+,20+,21+,22+,23+,26+,27+,28+/m1/s1. The van der Waals surface area contributed by atoms with Gasteiger partial charge < -0.3 is 85.3 Å². The third-order valence-corrected chi connectivity index (χ3v) is 10.1. The smallest absolute Gasteiger partial charge is 0.327 e. The maximum Gasteiger partial charge on any atom is 0.327 e. The molecule has 0 rings (SSSR count). The Hall–Kier alpha value is -5.33. The zero-order valence-electron chi connectivity index (χ0n) is 37.0. The predicted molar refractivity (Wildman–Crippen MR) is 237 cm³/mol. The Kier molecular flexibility index (Phi) is 27.6. The predicted octanol–water partition coefficient (Wildman–Crippen LogP) is -8.15. The van der Waals surface area contributed by atoms with Crippen molar-refractivity contribution < 1.29 is 78.3 Å².